The summed E-state index contributed by atoms with van der Waals surface area (Å²) in [5, 5.41) is 0. The van der Waals surface area contributed by atoms with Gasteiger partial charge in [0.15, 0.2) is 0 Å². The molecule has 0 spiro atoms. The molecule has 0 atom stereocenters. The highest BCUT2D eigenvalue weighted by Gasteiger charge is 2.62. The number of hydrogen-bond donors (Lipinski definition) is 0. The normalized spacial score (nSPS) is 18.6. The van der Waals surface area contributed by atoms with Crippen molar-refractivity contribution in [2.45, 2.75) is 29.6 Å². The van der Waals surface area contributed by atoms with Gasteiger partial charge < -0.3 is 0 Å². The highest BCUT2D eigenvalue weighted by Crippen LogP contribution is 3.02. The minimum Gasteiger partial charge on any atom is -0.162 e. The van der Waals surface area contributed by atoms with Crippen LogP contribution in [0, 0.1) is 0 Å². The third-order valence-electron chi connectivity index (χ3n) is 2.03. The lowest BCUT2D eigenvalue weighted by Crippen LogP contribution is -1.99. The fourth-order valence-electron chi connectivity index (χ4n) is 1.48. The molecule has 0 aliphatic rings. The first-order chi connectivity index (χ1) is 10.6. The number of rotatable bonds is 0. The lowest BCUT2D eigenvalue weighted by molar-refractivity contribution is -0.0937. The van der Waals surface area contributed by atoms with E-state index in [1.165, 1.54) is 0 Å². The lowest BCUT2D eigenvalue weighted by atomic mass is 11.6. The van der Waals surface area contributed by atoms with Crippen LogP contribution in [0.4, 0.5) is 65.9 Å². The fourth-order valence-corrected chi connectivity index (χ4v) is 59.7. The standard InChI is InChI=1S/C5F15P5/c6-1(7,8)21-22(2(9,10)11)24(4(15,16)17)25(5(18,19)20)23(21)3(12,13)14. The van der Waals surface area contributed by atoms with Crippen LogP contribution < -0.4 is 0 Å². The van der Waals surface area contributed by atoms with Crippen LogP contribution in [-0.2, 0) is 29.6 Å². The van der Waals surface area contributed by atoms with Gasteiger partial charge in [-0.25, -0.2) is 0 Å². The quantitative estimate of drug-likeness (QED) is 0.311. The number of hydrogen-bond acceptors (Lipinski definition) is 0. The summed E-state index contributed by atoms with van der Waals surface area (Å²) >= 11 is 0. The van der Waals surface area contributed by atoms with Gasteiger partial charge in [-0.15, -0.1) is 0 Å². The summed E-state index contributed by atoms with van der Waals surface area (Å²) in [5.41, 5.74) is 0. The molecule has 1 rings (SSSR count). The predicted octanol–water partition coefficient (Wildman–Crippen LogP) is 10.1. The molecule has 0 fully saturated rings. The molecule has 0 nitrogen and oxygen atoms in total. The molecule has 0 saturated carbocycles. The molecule has 0 unspecified atom stereocenters. The van der Waals surface area contributed by atoms with E-state index in [2.05, 4.69) is 0 Å². The van der Waals surface area contributed by atoms with Gasteiger partial charge in [0, 0.05) is 0 Å². The Morgan fingerprint density at radius 3 is 0.360 bits per heavy atom. The van der Waals surface area contributed by atoms with Gasteiger partial charge in [0.05, 0.1) is 34.4 Å². The lowest BCUT2D eigenvalue weighted by Gasteiger charge is -2.17. The van der Waals surface area contributed by atoms with E-state index < -0.39 is 64.0 Å². The molecule has 0 saturated heterocycles. The Morgan fingerprint density at radius 1 is 0.240 bits per heavy atom. The topological polar surface area (TPSA) is 0 Å². The van der Waals surface area contributed by atoms with Gasteiger partial charge in [-0.05, 0) is 0 Å². The van der Waals surface area contributed by atoms with E-state index in [0.717, 1.165) is 0 Å². The molecule has 25 heavy (non-hydrogen) atoms. The van der Waals surface area contributed by atoms with Crippen LogP contribution >= 0.6 is 34.4 Å². The van der Waals surface area contributed by atoms with Crippen molar-refractivity contribution in [3.63, 3.8) is 0 Å². The average molecular weight is 500 g/mol. The molecule has 20 heteroatoms. The summed E-state index contributed by atoms with van der Waals surface area (Å²) in [6, 6.07) is 0. The second-order valence-electron chi connectivity index (χ2n) is 3.79. The molecule has 0 N–H and O–H groups in total. The molecular weight excluding hydrogens is 500 g/mol. The summed E-state index contributed by atoms with van der Waals surface area (Å²) in [4.78, 5) is 0. The number of alkyl halides is 15. The Kier molecular flexibility index (Phi) is 6.12. The second kappa shape index (κ2) is 6.51. The SMILES string of the molecule is FC(F)(F)p1p(C(F)(F)F)p(C(F)(F)F)p(C(F)(F)F)p1C(F)(F)F. The van der Waals surface area contributed by atoms with Gasteiger partial charge in [-0.2, -0.15) is 65.9 Å². The Bertz CT molecular complexity index is 499. The summed E-state index contributed by atoms with van der Waals surface area (Å²) in [6.45, 7) is -28.0. The zero-order chi connectivity index (χ0) is 20.4. The predicted molar refractivity (Wildman–Crippen MR) is 64.1 cm³/mol. The van der Waals surface area contributed by atoms with Crippen molar-refractivity contribution in [1.82, 2.24) is 0 Å². The Labute approximate surface area is 131 Å². The molecule has 1 heterocycles. The first kappa shape index (κ1) is 23.5. The monoisotopic (exact) mass is 500 g/mol. The minimum atomic E-state index is -6.45. The molecule has 0 bridgehead atoms. The van der Waals surface area contributed by atoms with Crippen molar-refractivity contribution < 1.29 is 65.9 Å². The molecular formula is C5F15P5. The smallest absolute Gasteiger partial charge is 0.162 e. The molecule has 1 aromatic rings. The summed E-state index contributed by atoms with van der Waals surface area (Å²) in [7, 11) is 0. The highest BCUT2D eigenvalue weighted by atomic mass is 32.7. The van der Waals surface area contributed by atoms with Gasteiger partial charge >= 0.3 is 29.6 Å². The van der Waals surface area contributed by atoms with Gasteiger partial charge in [0.2, 0.25) is 0 Å². The van der Waals surface area contributed by atoms with E-state index >= 15 is 0 Å². The van der Waals surface area contributed by atoms with Crippen LogP contribution in [0.3, 0.4) is 0 Å². The van der Waals surface area contributed by atoms with Crippen molar-refractivity contribution in [2.24, 2.45) is 0 Å². The molecule has 150 valence electrons. The zero-order valence-electron chi connectivity index (χ0n) is 10.4. The second-order valence-corrected chi connectivity index (χ2v) is 25.9. The van der Waals surface area contributed by atoms with Crippen LogP contribution in [0.1, 0.15) is 0 Å². The van der Waals surface area contributed by atoms with E-state index in [9.17, 15) is 65.9 Å². The van der Waals surface area contributed by atoms with E-state index in [1.54, 1.807) is 0 Å². The Balaban J connectivity index is 4.40. The first-order valence-corrected chi connectivity index (χ1v) is 15.2. The minimum absolute atomic E-state index is 5.60. The maximum Gasteiger partial charge on any atom is 0.435 e. The van der Waals surface area contributed by atoms with Crippen LogP contribution in [-0.4, -0.2) is 0 Å². The van der Waals surface area contributed by atoms with E-state index in [1.807, 2.05) is 0 Å². The molecule has 1 aromatic heterocycles. The first-order valence-electron chi connectivity index (χ1n) is 4.95. The van der Waals surface area contributed by atoms with Crippen molar-refractivity contribution in [3.8, 4) is 0 Å². The van der Waals surface area contributed by atoms with Crippen molar-refractivity contribution >= 4 is 34.4 Å². The highest BCUT2D eigenvalue weighted by molar-refractivity contribution is 8.73. The summed E-state index contributed by atoms with van der Waals surface area (Å²) in [6.07, 6.45) is 0. The van der Waals surface area contributed by atoms with Gasteiger partial charge in [0.1, 0.15) is 0 Å². The van der Waals surface area contributed by atoms with E-state index in [0.29, 0.717) is 0 Å². The molecule has 0 radical (unpaired) electrons. The number of halogens is 15. The Hall–Kier alpha value is 0.450. The Morgan fingerprint density at radius 2 is 0.320 bits per heavy atom. The van der Waals surface area contributed by atoms with Crippen LogP contribution in [0.2, 0.25) is 0 Å². The van der Waals surface area contributed by atoms with Gasteiger partial charge in [-0.3, -0.25) is 0 Å². The largest absolute Gasteiger partial charge is 0.435 e. The zero-order valence-corrected chi connectivity index (χ0v) is 14.9. The van der Waals surface area contributed by atoms with Gasteiger partial charge in [0.25, 0.3) is 0 Å². The third-order valence-corrected chi connectivity index (χ3v) is 40.7. The van der Waals surface area contributed by atoms with Crippen molar-refractivity contribution in [1.29, 1.82) is 0 Å². The van der Waals surface area contributed by atoms with E-state index in [4.69, 9.17) is 0 Å². The molecule has 0 aromatic carbocycles. The third kappa shape index (κ3) is 4.84. The van der Waals surface area contributed by atoms with E-state index in [-0.39, 0.29) is 0 Å². The van der Waals surface area contributed by atoms with Crippen LogP contribution in [0.15, 0.2) is 0 Å². The van der Waals surface area contributed by atoms with Crippen LogP contribution in [0.25, 0.3) is 0 Å². The molecule has 0 aliphatic carbocycles. The molecule has 0 amide bonds. The fraction of sp³-hybridized carbons (Fsp3) is 1.00. The average Bonchev–Trinajstić information content (AvgIpc) is 2.61. The maximum absolute atomic E-state index is 12.8. The summed E-state index contributed by atoms with van der Waals surface area (Å²) in [5.74, 6) is -32.3. The summed E-state index contributed by atoms with van der Waals surface area (Å²) < 4.78 is 192. The van der Waals surface area contributed by atoms with Crippen molar-refractivity contribution in [2.75, 3.05) is 0 Å². The maximum atomic E-state index is 12.8. The van der Waals surface area contributed by atoms with Crippen molar-refractivity contribution in [3.05, 3.63) is 0 Å². The van der Waals surface area contributed by atoms with Crippen LogP contribution in [0.5, 0.6) is 0 Å². The van der Waals surface area contributed by atoms with Gasteiger partial charge in [-0.1, -0.05) is 0 Å². The molecule has 0 aliphatic heterocycles.